The predicted octanol–water partition coefficient (Wildman–Crippen LogP) is 1.78. The van der Waals surface area contributed by atoms with E-state index in [1.165, 1.54) is 12.1 Å². The monoisotopic (exact) mass is 321 g/mol. The second-order valence-corrected chi connectivity index (χ2v) is 8.26. The Bertz CT molecular complexity index is 690. The van der Waals surface area contributed by atoms with Crippen molar-refractivity contribution in [3.05, 3.63) is 30.3 Å². The zero-order valence-electron chi connectivity index (χ0n) is 12.3. The van der Waals surface area contributed by atoms with Crippen LogP contribution in [0.5, 0.6) is 0 Å². The van der Waals surface area contributed by atoms with Gasteiger partial charge in [0.05, 0.1) is 16.1 Å². The van der Waals surface area contributed by atoms with E-state index in [0.29, 0.717) is 0 Å². The highest BCUT2D eigenvalue weighted by Crippen LogP contribution is 2.46. The Hall–Kier alpha value is -1.69. The van der Waals surface area contributed by atoms with Crippen molar-refractivity contribution < 1.29 is 18.0 Å². The van der Waals surface area contributed by atoms with Crippen LogP contribution < -0.4 is 0 Å². The molecule has 0 N–H and O–H groups in total. The van der Waals surface area contributed by atoms with Crippen molar-refractivity contribution >= 4 is 21.7 Å². The largest absolute Gasteiger partial charge is 0.281 e. The van der Waals surface area contributed by atoms with Crippen LogP contribution in [-0.2, 0) is 19.4 Å². The zero-order chi connectivity index (χ0) is 15.8. The summed E-state index contributed by atoms with van der Waals surface area (Å²) in [4.78, 5) is 26.0. The molecule has 0 unspecified atom stereocenters. The first-order valence-corrected chi connectivity index (χ1v) is 9.22. The van der Waals surface area contributed by atoms with Crippen LogP contribution in [0.15, 0.2) is 35.2 Å². The van der Waals surface area contributed by atoms with Gasteiger partial charge in [-0.25, -0.2) is 8.42 Å². The average Bonchev–Trinajstić information content (AvgIpc) is 3.05. The van der Waals surface area contributed by atoms with E-state index in [1.807, 2.05) is 0 Å². The lowest BCUT2D eigenvalue weighted by molar-refractivity contribution is -0.141. The Balaban J connectivity index is 1.72. The number of benzene rings is 1. The van der Waals surface area contributed by atoms with Crippen molar-refractivity contribution in [2.45, 2.75) is 37.0 Å². The van der Waals surface area contributed by atoms with Crippen LogP contribution in [-0.4, -0.2) is 37.4 Å². The minimum atomic E-state index is -3.48. The van der Waals surface area contributed by atoms with Crippen molar-refractivity contribution in [3.63, 3.8) is 0 Å². The molecule has 1 heterocycles. The molecule has 0 atom stereocenters. The van der Waals surface area contributed by atoms with Crippen LogP contribution in [0.1, 0.15) is 32.1 Å². The molecule has 1 aliphatic carbocycles. The number of rotatable bonds is 4. The lowest BCUT2D eigenvalue weighted by atomic mass is 9.84. The third-order valence-corrected chi connectivity index (χ3v) is 6.45. The van der Waals surface area contributed by atoms with Crippen LogP contribution in [0.4, 0.5) is 0 Å². The molecular weight excluding hydrogens is 302 g/mol. The van der Waals surface area contributed by atoms with Gasteiger partial charge in [-0.1, -0.05) is 31.0 Å². The Morgan fingerprint density at radius 3 is 2.32 bits per heavy atom. The second-order valence-electron chi connectivity index (χ2n) is 6.15. The highest BCUT2D eigenvalue weighted by atomic mass is 32.2. The van der Waals surface area contributed by atoms with Crippen molar-refractivity contribution in [3.8, 4) is 0 Å². The fourth-order valence-electron chi connectivity index (χ4n) is 3.49. The van der Waals surface area contributed by atoms with Crippen molar-refractivity contribution in [1.29, 1.82) is 0 Å². The van der Waals surface area contributed by atoms with Gasteiger partial charge in [0.2, 0.25) is 11.8 Å². The molecule has 0 aromatic heterocycles. The van der Waals surface area contributed by atoms with Crippen LogP contribution >= 0.6 is 0 Å². The summed E-state index contributed by atoms with van der Waals surface area (Å²) in [5, 5.41) is 0. The average molecular weight is 321 g/mol. The lowest BCUT2D eigenvalue weighted by Gasteiger charge is -2.20. The summed E-state index contributed by atoms with van der Waals surface area (Å²) in [5.74, 6) is -0.613. The number of hydrogen-bond acceptors (Lipinski definition) is 4. The van der Waals surface area contributed by atoms with Crippen LogP contribution in [0.3, 0.4) is 0 Å². The molecule has 5 nitrogen and oxygen atoms in total. The molecule has 2 fully saturated rings. The van der Waals surface area contributed by atoms with E-state index in [1.54, 1.807) is 18.2 Å². The second kappa shape index (κ2) is 5.50. The number of carbonyl (C=O) groups excluding carboxylic acids is 2. The first-order chi connectivity index (χ1) is 10.4. The molecule has 1 aromatic carbocycles. The summed E-state index contributed by atoms with van der Waals surface area (Å²) in [5.41, 5.74) is -0.534. The fraction of sp³-hybridized carbons (Fsp3) is 0.500. The number of nitrogens with zero attached hydrogens (tertiary/aromatic N) is 1. The maximum Gasteiger partial charge on any atom is 0.235 e. The van der Waals surface area contributed by atoms with Gasteiger partial charge in [-0.2, -0.15) is 0 Å². The molecule has 6 heteroatoms. The standard InChI is InChI=1S/C16H19NO4S/c18-14-12-16(8-4-5-9-16)15(19)17(14)10-11-22(20,21)13-6-2-1-3-7-13/h1-3,6-7H,4-5,8-12H2. The fourth-order valence-corrected chi connectivity index (χ4v) is 4.72. The SMILES string of the molecule is O=C1CC2(CCCC2)C(=O)N1CCS(=O)(=O)c1ccccc1. The van der Waals surface area contributed by atoms with E-state index in [0.717, 1.165) is 30.6 Å². The minimum Gasteiger partial charge on any atom is -0.281 e. The normalized spacial score (nSPS) is 21.0. The Kier molecular flexibility index (Phi) is 3.80. The van der Waals surface area contributed by atoms with Gasteiger partial charge in [0.15, 0.2) is 9.84 Å². The van der Waals surface area contributed by atoms with Crippen LogP contribution in [0.2, 0.25) is 0 Å². The molecule has 1 saturated carbocycles. The molecular formula is C16H19NO4S. The maximum atomic E-state index is 12.5. The molecule has 1 saturated heterocycles. The van der Waals surface area contributed by atoms with Crippen molar-refractivity contribution in [2.75, 3.05) is 12.3 Å². The van der Waals surface area contributed by atoms with Gasteiger partial charge in [-0.15, -0.1) is 0 Å². The molecule has 118 valence electrons. The highest BCUT2D eigenvalue weighted by Gasteiger charge is 2.52. The lowest BCUT2D eigenvalue weighted by Crippen LogP contribution is -2.37. The van der Waals surface area contributed by atoms with E-state index in [2.05, 4.69) is 0 Å². The molecule has 1 aromatic rings. The summed E-state index contributed by atoms with van der Waals surface area (Å²) >= 11 is 0. The summed E-state index contributed by atoms with van der Waals surface area (Å²) in [6.45, 7) is -0.0450. The highest BCUT2D eigenvalue weighted by molar-refractivity contribution is 7.91. The molecule has 3 rings (SSSR count). The topological polar surface area (TPSA) is 71.5 Å². The molecule has 0 radical (unpaired) electrons. The third-order valence-electron chi connectivity index (χ3n) is 4.74. The smallest absolute Gasteiger partial charge is 0.235 e. The summed E-state index contributed by atoms with van der Waals surface area (Å²) in [7, 11) is -3.48. The Morgan fingerprint density at radius 2 is 1.68 bits per heavy atom. The zero-order valence-corrected chi connectivity index (χ0v) is 13.1. The van der Waals surface area contributed by atoms with Gasteiger partial charge in [-0.3, -0.25) is 14.5 Å². The van der Waals surface area contributed by atoms with E-state index in [-0.39, 0.29) is 35.4 Å². The van der Waals surface area contributed by atoms with E-state index in [4.69, 9.17) is 0 Å². The minimum absolute atomic E-state index is 0.0450. The van der Waals surface area contributed by atoms with Gasteiger partial charge in [0, 0.05) is 13.0 Å². The maximum absolute atomic E-state index is 12.5. The first-order valence-electron chi connectivity index (χ1n) is 7.57. The molecule has 1 aliphatic heterocycles. The number of carbonyl (C=O) groups is 2. The predicted molar refractivity (Wildman–Crippen MR) is 80.7 cm³/mol. The number of hydrogen-bond donors (Lipinski definition) is 0. The molecule has 2 aliphatic rings. The van der Waals surface area contributed by atoms with Gasteiger partial charge in [-0.05, 0) is 25.0 Å². The number of imide groups is 1. The third kappa shape index (κ3) is 2.56. The van der Waals surface area contributed by atoms with Crippen LogP contribution in [0, 0.1) is 5.41 Å². The molecule has 0 bridgehead atoms. The Morgan fingerprint density at radius 1 is 1.05 bits per heavy atom. The van der Waals surface area contributed by atoms with Crippen LogP contribution in [0.25, 0.3) is 0 Å². The van der Waals surface area contributed by atoms with Crippen molar-refractivity contribution in [2.24, 2.45) is 5.41 Å². The number of sulfone groups is 1. The molecule has 22 heavy (non-hydrogen) atoms. The van der Waals surface area contributed by atoms with Gasteiger partial charge in [0.1, 0.15) is 0 Å². The van der Waals surface area contributed by atoms with Gasteiger partial charge < -0.3 is 0 Å². The molecule has 1 spiro atoms. The van der Waals surface area contributed by atoms with E-state index in [9.17, 15) is 18.0 Å². The summed E-state index contributed by atoms with van der Waals surface area (Å²) < 4.78 is 24.5. The van der Waals surface area contributed by atoms with E-state index >= 15 is 0 Å². The quantitative estimate of drug-likeness (QED) is 0.793. The van der Waals surface area contributed by atoms with Gasteiger partial charge in [0.25, 0.3) is 0 Å². The van der Waals surface area contributed by atoms with Gasteiger partial charge >= 0.3 is 0 Å². The number of likely N-dealkylation sites (tertiary alicyclic amines) is 1. The van der Waals surface area contributed by atoms with E-state index < -0.39 is 15.3 Å². The Labute approximate surface area is 130 Å². The van der Waals surface area contributed by atoms with Crippen molar-refractivity contribution in [1.82, 2.24) is 4.90 Å². The number of amides is 2. The summed E-state index contributed by atoms with van der Waals surface area (Å²) in [6, 6.07) is 8.12. The molecule has 2 amide bonds. The summed E-state index contributed by atoms with van der Waals surface area (Å²) in [6.07, 6.45) is 3.68. The first kappa shape index (κ1) is 15.2.